The normalized spacial score (nSPS) is 33.7. The van der Waals surface area contributed by atoms with Crippen molar-refractivity contribution in [2.24, 2.45) is 0 Å². The minimum absolute atomic E-state index is 0.358. The number of morpholine rings is 1. The molecular weight excluding hydrogens is 310 g/mol. The van der Waals surface area contributed by atoms with Crippen LogP contribution in [0, 0.1) is 0 Å². The lowest BCUT2D eigenvalue weighted by molar-refractivity contribution is -0.281. The minimum Gasteiger partial charge on any atom is -0.456 e. The molecule has 2 saturated heterocycles. The first-order chi connectivity index (χ1) is 10.7. The van der Waals surface area contributed by atoms with E-state index in [-0.39, 0.29) is 6.61 Å². The Morgan fingerprint density at radius 1 is 1.09 bits per heavy atom. The van der Waals surface area contributed by atoms with Crippen LogP contribution < -0.4 is 0 Å². The second-order valence-electron chi connectivity index (χ2n) is 5.44. The fraction of sp³-hybridized carbons (Fsp3) is 0.714. The molecule has 2 amide bonds. The maximum Gasteiger partial charge on any atom is 0.303 e. The Morgan fingerprint density at radius 2 is 1.65 bits per heavy atom. The monoisotopic (exact) mass is 329 g/mol. The van der Waals surface area contributed by atoms with Gasteiger partial charge in [-0.25, -0.2) is 0 Å². The molecule has 0 N–H and O–H groups in total. The number of carbonyl (C=O) groups is 4. The van der Waals surface area contributed by atoms with Crippen molar-refractivity contribution in [3.8, 4) is 0 Å². The summed E-state index contributed by atoms with van der Waals surface area (Å²) in [6, 6.07) is 0. The van der Waals surface area contributed by atoms with Gasteiger partial charge in [-0.1, -0.05) is 0 Å². The average molecular weight is 329 g/mol. The van der Waals surface area contributed by atoms with Crippen molar-refractivity contribution < 1.29 is 38.1 Å². The second-order valence-corrected chi connectivity index (χ2v) is 5.44. The summed E-state index contributed by atoms with van der Waals surface area (Å²) >= 11 is 0. The number of amides is 2. The lowest BCUT2D eigenvalue weighted by Gasteiger charge is -2.48. The van der Waals surface area contributed by atoms with Gasteiger partial charge in [-0.15, -0.1) is 0 Å². The molecule has 0 unspecified atom stereocenters. The fourth-order valence-corrected chi connectivity index (χ4v) is 2.79. The van der Waals surface area contributed by atoms with Gasteiger partial charge in [0.15, 0.2) is 18.4 Å². The SMILES string of the molecule is CC(=O)O[C@@H]1[C@H]2OCC(=O)N(C(C)=O)[C@@H]2O[C@H](C)[C@H]1OC(C)=O. The summed E-state index contributed by atoms with van der Waals surface area (Å²) in [7, 11) is 0. The van der Waals surface area contributed by atoms with Crippen LogP contribution in [-0.2, 0) is 38.1 Å². The Kier molecular flexibility index (Phi) is 5.00. The molecule has 0 radical (unpaired) electrons. The standard InChI is InChI=1S/C14H19NO8/c1-6-11(22-8(3)17)12(23-9(4)18)13-14(21-6)15(7(2)16)10(19)5-20-13/h6,11-14H,5H2,1-4H3/t6-,11-,12+,13-,14-/m1/s1. The first-order valence-corrected chi connectivity index (χ1v) is 7.16. The number of imide groups is 1. The zero-order valence-electron chi connectivity index (χ0n) is 13.3. The first-order valence-electron chi connectivity index (χ1n) is 7.16. The topological polar surface area (TPSA) is 108 Å². The summed E-state index contributed by atoms with van der Waals surface area (Å²) in [5, 5.41) is 0. The Balaban J connectivity index is 2.34. The van der Waals surface area contributed by atoms with Crippen molar-refractivity contribution in [2.45, 2.75) is 58.3 Å². The molecule has 2 fully saturated rings. The molecule has 9 heteroatoms. The van der Waals surface area contributed by atoms with E-state index in [1.54, 1.807) is 6.92 Å². The van der Waals surface area contributed by atoms with Gasteiger partial charge in [-0.2, -0.15) is 0 Å². The quantitative estimate of drug-likeness (QED) is 0.616. The molecule has 0 spiro atoms. The van der Waals surface area contributed by atoms with Crippen molar-refractivity contribution in [2.75, 3.05) is 6.61 Å². The average Bonchev–Trinajstić information content (AvgIpc) is 2.41. The van der Waals surface area contributed by atoms with E-state index in [0.717, 1.165) is 4.90 Å². The molecule has 0 aromatic carbocycles. The number of rotatable bonds is 2. The van der Waals surface area contributed by atoms with Gasteiger partial charge in [-0.3, -0.25) is 24.1 Å². The highest BCUT2D eigenvalue weighted by atomic mass is 16.6. The highest BCUT2D eigenvalue weighted by Crippen LogP contribution is 2.32. The molecule has 2 aliphatic rings. The third kappa shape index (κ3) is 3.50. The van der Waals surface area contributed by atoms with Crippen LogP contribution in [0.15, 0.2) is 0 Å². The Hall–Kier alpha value is -2.00. The molecule has 23 heavy (non-hydrogen) atoms. The van der Waals surface area contributed by atoms with E-state index >= 15 is 0 Å². The van der Waals surface area contributed by atoms with Crippen LogP contribution in [0.5, 0.6) is 0 Å². The van der Waals surface area contributed by atoms with Gasteiger partial charge in [0.05, 0.1) is 6.10 Å². The van der Waals surface area contributed by atoms with E-state index in [4.69, 9.17) is 18.9 Å². The van der Waals surface area contributed by atoms with E-state index in [1.165, 1.54) is 20.8 Å². The first kappa shape index (κ1) is 17.4. The number of hydrogen-bond acceptors (Lipinski definition) is 8. The summed E-state index contributed by atoms with van der Waals surface area (Å²) in [6.45, 7) is 4.89. The van der Waals surface area contributed by atoms with Crippen LogP contribution in [-0.4, -0.2) is 65.9 Å². The molecule has 2 heterocycles. The van der Waals surface area contributed by atoms with Crippen LogP contribution in [0.25, 0.3) is 0 Å². The van der Waals surface area contributed by atoms with Gasteiger partial charge >= 0.3 is 11.9 Å². The number of nitrogens with zero attached hydrogens (tertiary/aromatic N) is 1. The largest absolute Gasteiger partial charge is 0.456 e. The summed E-state index contributed by atoms with van der Waals surface area (Å²) in [6.07, 6.45) is -4.57. The molecule has 9 nitrogen and oxygen atoms in total. The smallest absolute Gasteiger partial charge is 0.303 e. The number of esters is 2. The summed E-state index contributed by atoms with van der Waals surface area (Å²) < 4.78 is 21.5. The van der Waals surface area contributed by atoms with Crippen molar-refractivity contribution in [3.05, 3.63) is 0 Å². The molecule has 0 aromatic rings. The zero-order chi connectivity index (χ0) is 17.3. The highest BCUT2D eigenvalue weighted by Gasteiger charge is 2.54. The van der Waals surface area contributed by atoms with Gasteiger partial charge in [-0.05, 0) is 6.92 Å². The molecule has 0 aromatic heterocycles. The number of carbonyl (C=O) groups excluding carboxylic acids is 4. The Labute approximate surface area is 132 Å². The maximum atomic E-state index is 11.9. The Bertz CT molecular complexity index is 533. The summed E-state index contributed by atoms with van der Waals surface area (Å²) in [5.41, 5.74) is 0. The molecule has 128 valence electrons. The second kappa shape index (κ2) is 6.63. The summed E-state index contributed by atoms with van der Waals surface area (Å²) in [5.74, 6) is -2.22. The van der Waals surface area contributed by atoms with Crippen LogP contribution in [0.1, 0.15) is 27.7 Å². The molecule has 5 atom stereocenters. The van der Waals surface area contributed by atoms with Crippen LogP contribution in [0.4, 0.5) is 0 Å². The predicted molar refractivity (Wildman–Crippen MR) is 72.7 cm³/mol. The van der Waals surface area contributed by atoms with Gasteiger partial charge in [0.1, 0.15) is 12.7 Å². The maximum absolute atomic E-state index is 11.9. The lowest BCUT2D eigenvalue weighted by atomic mass is 9.96. The van der Waals surface area contributed by atoms with Gasteiger partial charge in [0, 0.05) is 20.8 Å². The van der Waals surface area contributed by atoms with E-state index in [2.05, 4.69) is 0 Å². The van der Waals surface area contributed by atoms with Gasteiger partial charge < -0.3 is 18.9 Å². The van der Waals surface area contributed by atoms with Gasteiger partial charge in [0.25, 0.3) is 5.91 Å². The van der Waals surface area contributed by atoms with Crippen molar-refractivity contribution in [1.82, 2.24) is 4.90 Å². The molecular formula is C14H19NO8. The molecule has 2 aliphatic heterocycles. The number of ether oxygens (including phenoxy) is 4. The van der Waals surface area contributed by atoms with Crippen molar-refractivity contribution in [3.63, 3.8) is 0 Å². The van der Waals surface area contributed by atoms with Crippen LogP contribution in [0.3, 0.4) is 0 Å². The van der Waals surface area contributed by atoms with Crippen LogP contribution in [0.2, 0.25) is 0 Å². The van der Waals surface area contributed by atoms with Crippen molar-refractivity contribution in [1.29, 1.82) is 0 Å². The van der Waals surface area contributed by atoms with E-state index in [9.17, 15) is 19.2 Å². The zero-order valence-corrected chi connectivity index (χ0v) is 13.3. The third-order valence-electron chi connectivity index (χ3n) is 3.61. The van der Waals surface area contributed by atoms with E-state index < -0.39 is 54.4 Å². The van der Waals surface area contributed by atoms with E-state index in [1.807, 2.05) is 0 Å². The molecule has 0 aliphatic carbocycles. The predicted octanol–water partition coefficient (Wildman–Crippen LogP) is -0.631. The molecule has 0 saturated carbocycles. The van der Waals surface area contributed by atoms with Crippen molar-refractivity contribution >= 4 is 23.8 Å². The number of hydrogen-bond donors (Lipinski definition) is 0. The van der Waals surface area contributed by atoms with E-state index in [0.29, 0.717) is 0 Å². The Morgan fingerprint density at radius 3 is 2.17 bits per heavy atom. The molecule has 2 rings (SSSR count). The minimum atomic E-state index is -1.04. The summed E-state index contributed by atoms with van der Waals surface area (Å²) in [4.78, 5) is 47.3. The number of fused-ring (bicyclic) bond motifs is 1. The molecule has 0 bridgehead atoms. The van der Waals surface area contributed by atoms with Crippen LogP contribution >= 0.6 is 0 Å². The lowest BCUT2D eigenvalue weighted by Crippen LogP contribution is -2.69. The third-order valence-corrected chi connectivity index (χ3v) is 3.61. The fourth-order valence-electron chi connectivity index (χ4n) is 2.79. The van der Waals surface area contributed by atoms with Gasteiger partial charge in [0.2, 0.25) is 5.91 Å². The highest BCUT2D eigenvalue weighted by molar-refractivity contribution is 5.95.